The molecule has 0 aliphatic carbocycles. The maximum Gasteiger partial charge on any atom is 0.270 e. The second-order valence-electron chi connectivity index (χ2n) is 4.96. The molecule has 5 nitrogen and oxygen atoms in total. The molecule has 1 atom stereocenters. The third-order valence-electron chi connectivity index (χ3n) is 3.04. The standard InChI is InChI=1S/C15H16N2O3S/c1-10(2)15(14-4-3-7-21-14)16-9-11-8-12(17(19)20)5-6-13(11)18/h3-10,15,18H,1-2H3/p-1/t15-/m1/s1. The molecule has 21 heavy (non-hydrogen) atoms. The average Bonchev–Trinajstić information content (AvgIpc) is 2.94. The van der Waals surface area contributed by atoms with Crippen molar-refractivity contribution in [1.82, 2.24) is 0 Å². The van der Waals surface area contributed by atoms with Crippen LogP contribution in [0.1, 0.15) is 30.3 Å². The van der Waals surface area contributed by atoms with Gasteiger partial charge in [0.1, 0.15) is 0 Å². The number of hydrogen-bond donors (Lipinski definition) is 0. The largest absolute Gasteiger partial charge is 0.872 e. The predicted molar refractivity (Wildman–Crippen MR) is 82.0 cm³/mol. The van der Waals surface area contributed by atoms with Crippen LogP contribution >= 0.6 is 11.3 Å². The Morgan fingerprint density at radius 1 is 1.33 bits per heavy atom. The Morgan fingerprint density at radius 2 is 2.10 bits per heavy atom. The molecule has 2 rings (SSSR count). The topological polar surface area (TPSA) is 78.6 Å². The third-order valence-corrected chi connectivity index (χ3v) is 3.99. The van der Waals surface area contributed by atoms with E-state index in [4.69, 9.17) is 0 Å². The molecule has 0 aliphatic heterocycles. The molecule has 0 unspecified atom stereocenters. The lowest BCUT2D eigenvalue weighted by Gasteiger charge is -2.15. The highest BCUT2D eigenvalue weighted by molar-refractivity contribution is 7.10. The highest BCUT2D eigenvalue weighted by Crippen LogP contribution is 2.30. The zero-order valence-electron chi connectivity index (χ0n) is 11.7. The fourth-order valence-electron chi connectivity index (χ4n) is 1.94. The van der Waals surface area contributed by atoms with Gasteiger partial charge in [-0.15, -0.1) is 11.3 Å². The zero-order valence-corrected chi connectivity index (χ0v) is 12.5. The van der Waals surface area contributed by atoms with Gasteiger partial charge in [-0.2, -0.15) is 0 Å². The number of nitro benzene ring substituents is 1. The lowest BCUT2D eigenvalue weighted by molar-refractivity contribution is -0.385. The molecule has 0 saturated heterocycles. The fraction of sp³-hybridized carbons (Fsp3) is 0.267. The van der Waals surface area contributed by atoms with Gasteiger partial charge in [0.15, 0.2) is 0 Å². The summed E-state index contributed by atoms with van der Waals surface area (Å²) in [6.07, 6.45) is 1.44. The van der Waals surface area contributed by atoms with Crippen molar-refractivity contribution >= 4 is 23.2 Å². The Bertz CT molecular complexity index is 651. The Labute approximate surface area is 126 Å². The minimum atomic E-state index is -0.518. The van der Waals surface area contributed by atoms with Gasteiger partial charge in [-0.3, -0.25) is 15.1 Å². The quantitative estimate of drug-likeness (QED) is 0.481. The molecule has 0 fully saturated rings. The summed E-state index contributed by atoms with van der Waals surface area (Å²) >= 11 is 1.61. The predicted octanol–water partition coefficient (Wildman–Crippen LogP) is 3.55. The van der Waals surface area contributed by atoms with Gasteiger partial charge in [0.2, 0.25) is 0 Å². The van der Waals surface area contributed by atoms with Crippen molar-refractivity contribution in [3.63, 3.8) is 0 Å². The monoisotopic (exact) mass is 303 g/mol. The number of non-ortho nitro benzene ring substituents is 1. The van der Waals surface area contributed by atoms with Crippen LogP contribution in [-0.4, -0.2) is 11.1 Å². The second kappa shape index (κ2) is 6.49. The summed E-state index contributed by atoms with van der Waals surface area (Å²) in [6, 6.07) is 7.57. The van der Waals surface area contributed by atoms with E-state index in [1.807, 2.05) is 31.4 Å². The Kier molecular flexibility index (Phi) is 4.70. The van der Waals surface area contributed by atoms with Crippen molar-refractivity contribution in [2.45, 2.75) is 19.9 Å². The molecule has 0 spiro atoms. The van der Waals surface area contributed by atoms with Crippen LogP contribution in [-0.2, 0) is 0 Å². The first-order chi connectivity index (χ1) is 9.99. The Hall–Kier alpha value is -2.21. The second-order valence-corrected chi connectivity index (χ2v) is 5.94. The molecule has 2 aromatic rings. The number of benzene rings is 1. The molecule has 0 amide bonds. The minimum absolute atomic E-state index is 0.0522. The van der Waals surface area contributed by atoms with E-state index < -0.39 is 4.92 Å². The minimum Gasteiger partial charge on any atom is -0.872 e. The Morgan fingerprint density at radius 3 is 2.67 bits per heavy atom. The molecule has 0 saturated carbocycles. The maximum absolute atomic E-state index is 11.8. The number of rotatable bonds is 5. The summed E-state index contributed by atoms with van der Waals surface area (Å²) < 4.78 is 0. The number of nitro groups is 1. The van der Waals surface area contributed by atoms with E-state index in [0.29, 0.717) is 0 Å². The van der Waals surface area contributed by atoms with Crippen molar-refractivity contribution in [2.75, 3.05) is 0 Å². The summed E-state index contributed by atoms with van der Waals surface area (Å²) in [7, 11) is 0. The van der Waals surface area contributed by atoms with E-state index in [2.05, 4.69) is 4.99 Å². The van der Waals surface area contributed by atoms with Crippen LogP contribution in [0.4, 0.5) is 5.69 Å². The summed E-state index contributed by atoms with van der Waals surface area (Å²) in [4.78, 5) is 15.8. The molecular weight excluding hydrogens is 288 g/mol. The van der Waals surface area contributed by atoms with E-state index in [1.54, 1.807) is 11.3 Å². The normalized spacial score (nSPS) is 12.9. The lowest BCUT2D eigenvalue weighted by atomic mass is 10.0. The van der Waals surface area contributed by atoms with Crippen LogP contribution in [0.2, 0.25) is 0 Å². The molecule has 0 aliphatic rings. The van der Waals surface area contributed by atoms with Crippen LogP contribution in [0, 0.1) is 16.0 Å². The first-order valence-corrected chi connectivity index (χ1v) is 7.39. The smallest absolute Gasteiger partial charge is 0.270 e. The van der Waals surface area contributed by atoms with Gasteiger partial charge in [-0.05, 0) is 22.9 Å². The van der Waals surface area contributed by atoms with Gasteiger partial charge in [-0.1, -0.05) is 31.7 Å². The van der Waals surface area contributed by atoms with Crippen LogP contribution in [0.15, 0.2) is 40.7 Å². The SMILES string of the molecule is CC(C)[C@@H](N=Cc1cc([N+](=O)[O-])ccc1[O-])c1cccs1. The van der Waals surface area contributed by atoms with E-state index in [1.165, 1.54) is 24.4 Å². The zero-order chi connectivity index (χ0) is 15.4. The van der Waals surface area contributed by atoms with Crippen molar-refractivity contribution in [2.24, 2.45) is 10.9 Å². The van der Waals surface area contributed by atoms with E-state index in [0.717, 1.165) is 4.88 Å². The van der Waals surface area contributed by atoms with Crippen LogP contribution in [0.25, 0.3) is 0 Å². The maximum atomic E-state index is 11.8. The number of hydrogen-bond acceptors (Lipinski definition) is 5. The fourth-order valence-corrected chi connectivity index (χ4v) is 2.89. The highest BCUT2D eigenvalue weighted by atomic mass is 32.1. The van der Waals surface area contributed by atoms with Crippen LogP contribution in [0.3, 0.4) is 0 Å². The molecular formula is C15H15N2O3S-. The van der Waals surface area contributed by atoms with Crippen molar-refractivity contribution in [3.05, 3.63) is 56.3 Å². The van der Waals surface area contributed by atoms with Crippen molar-refractivity contribution in [1.29, 1.82) is 0 Å². The van der Waals surface area contributed by atoms with Crippen molar-refractivity contribution < 1.29 is 10.0 Å². The van der Waals surface area contributed by atoms with Gasteiger partial charge < -0.3 is 5.11 Å². The number of nitrogens with zero attached hydrogens (tertiary/aromatic N) is 2. The average molecular weight is 303 g/mol. The van der Waals surface area contributed by atoms with Gasteiger partial charge in [0.05, 0.1) is 11.0 Å². The van der Waals surface area contributed by atoms with Gasteiger partial charge in [-0.25, -0.2) is 0 Å². The van der Waals surface area contributed by atoms with Gasteiger partial charge >= 0.3 is 0 Å². The summed E-state index contributed by atoms with van der Waals surface area (Å²) in [5, 5.41) is 24.5. The molecule has 1 heterocycles. The van der Waals surface area contributed by atoms with E-state index in [9.17, 15) is 15.2 Å². The third kappa shape index (κ3) is 3.66. The first kappa shape index (κ1) is 15.2. The molecule has 6 heteroatoms. The molecule has 1 aromatic carbocycles. The first-order valence-electron chi connectivity index (χ1n) is 6.51. The van der Waals surface area contributed by atoms with Crippen LogP contribution < -0.4 is 5.11 Å². The lowest BCUT2D eigenvalue weighted by Crippen LogP contribution is -2.04. The molecule has 0 radical (unpaired) electrons. The summed E-state index contributed by atoms with van der Waals surface area (Å²) in [5.41, 5.74) is 0.139. The number of aliphatic imine (C=N–C) groups is 1. The molecule has 0 N–H and O–H groups in total. The highest BCUT2D eigenvalue weighted by Gasteiger charge is 2.15. The van der Waals surface area contributed by atoms with E-state index in [-0.39, 0.29) is 29.0 Å². The van der Waals surface area contributed by atoms with Crippen molar-refractivity contribution in [3.8, 4) is 5.75 Å². The number of thiophene rings is 1. The molecule has 1 aromatic heterocycles. The van der Waals surface area contributed by atoms with E-state index >= 15 is 0 Å². The summed E-state index contributed by atoms with van der Waals surface area (Å²) in [6.45, 7) is 4.10. The molecule has 0 bridgehead atoms. The van der Waals surface area contributed by atoms with Gasteiger partial charge in [0, 0.05) is 23.2 Å². The molecule has 110 valence electrons. The Balaban J connectivity index is 2.30. The van der Waals surface area contributed by atoms with Crippen LogP contribution in [0.5, 0.6) is 5.75 Å². The van der Waals surface area contributed by atoms with Gasteiger partial charge in [0.25, 0.3) is 5.69 Å². The summed E-state index contributed by atoms with van der Waals surface area (Å²) in [5.74, 6) is 0.00624.